The summed E-state index contributed by atoms with van der Waals surface area (Å²) in [5.41, 5.74) is 1.34. The fourth-order valence-electron chi connectivity index (χ4n) is 1.20. The van der Waals surface area contributed by atoms with Gasteiger partial charge in [0, 0.05) is 14.1 Å². The van der Waals surface area contributed by atoms with Gasteiger partial charge in [0.2, 0.25) is 11.7 Å². The minimum atomic E-state index is 0.515. The predicted octanol–water partition coefficient (Wildman–Crippen LogP) is 1.65. The molecule has 0 saturated carbocycles. The smallest absolute Gasteiger partial charge is 0.242 e. The number of nitrogens with one attached hydrogen (secondary N) is 1. The highest BCUT2D eigenvalue weighted by Gasteiger charge is 2.09. The number of aromatic nitrogens is 3. The van der Waals surface area contributed by atoms with Gasteiger partial charge in [0.25, 0.3) is 0 Å². The van der Waals surface area contributed by atoms with Gasteiger partial charge in [-0.3, -0.25) is 4.98 Å². The third kappa shape index (κ3) is 1.27. The highest BCUT2D eigenvalue weighted by molar-refractivity contribution is 7.71. The van der Waals surface area contributed by atoms with Gasteiger partial charge >= 0.3 is 0 Å². The molecule has 2 aromatic heterocycles. The summed E-state index contributed by atoms with van der Waals surface area (Å²) in [6, 6.07) is 0. The van der Waals surface area contributed by atoms with Gasteiger partial charge in [0.05, 0.1) is 11.1 Å². The van der Waals surface area contributed by atoms with Crippen LogP contribution in [-0.4, -0.2) is 29.2 Å². The highest BCUT2D eigenvalue weighted by atomic mass is 32.1. The topological polar surface area (TPSA) is 58.0 Å². The number of hydrogen-bond donors (Lipinski definition) is 1. The molecule has 0 aliphatic carbocycles. The van der Waals surface area contributed by atoms with E-state index in [-0.39, 0.29) is 0 Å². The van der Waals surface area contributed by atoms with Crippen LogP contribution in [0.1, 0.15) is 5.69 Å². The summed E-state index contributed by atoms with van der Waals surface area (Å²) in [4.78, 5) is 9.05. The van der Waals surface area contributed by atoms with E-state index in [0.717, 1.165) is 11.1 Å². The van der Waals surface area contributed by atoms with Crippen molar-refractivity contribution >= 4 is 29.3 Å². The molecule has 0 unspecified atom stereocenters. The van der Waals surface area contributed by atoms with E-state index in [0.29, 0.717) is 16.3 Å². The molecule has 0 aliphatic heterocycles. The third-order valence-electron chi connectivity index (χ3n) is 1.93. The molecule has 0 fully saturated rings. The average Bonchev–Trinajstić information content (AvgIpc) is 2.48. The fourth-order valence-corrected chi connectivity index (χ4v) is 1.53. The lowest BCUT2D eigenvalue weighted by Gasteiger charge is -2.09. The van der Waals surface area contributed by atoms with Gasteiger partial charge in [-0.25, -0.2) is 4.98 Å². The van der Waals surface area contributed by atoms with E-state index >= 15 is 0 Å². The van der Waals surface area contributed by atoms with Crippen LogP contribution in [0.2, 0.25) is 0 Å². The van der Waals surface area contributed by atoms with Crippen LogP contribution in [0.4, 0.5) is 5.95 Å². The van der Waals surface area contributed by atoms with Gasteiger partial charge < -0.3 is 9.42 Å². The summed E-state index contributed by atoms with van der Waals surface area (Å²) in [6.45, 7) is 1.84. The van der Waals surface area contributed by atoms with Crippen LogP contribution in [0.3, 0.4) is 0 Å². The van der Waals surface area contributed by atoms with E-state index in [1.165, 1.54) is 0 Å². The van der Waals surface area contributed by atoms with Crippen molar-refractivity contribution in [2.75, 3.05) is 19.0 Å². The molecule has 74 valence electrons. The van der Waals surface area contributed by atoms with Gasteiger partial charge in [-0.15, -0.1) is 0 Å². The lowest BCUT2D eigenvalue weighted by Crippen LogP contribution is -2.12. The van der Waals surface area contributed by atoms with Crippen molar-refractivity contribution in [1.82, 2.24) is 15.1 Å². The van der Waals surface area contributed by atoms with Crippen LogP contribution in [0.25, 0.3) is 11.1 Å². The van der Waals surface area contributed by atoms with E-state index < -0.39 is 0 Å². The molecule has 2 heterocycles. The SMILES string of the molecule is Cc1noc2[nH]c(N(C)C)nc(=S)c12. The van der Waals surface area contributed by atoms with Crippen molar-refractivity contribution in [2.45, 2.75) is 6.92 Å². The molecule has 0 saturated heterocycles. The van der Waals surface area contributed by atoms with Crippen LogP contribution in [0.5, 0.6) is 0 Å². The minimum absolute atomic E-state index is 0.515. The molecular weight excluding hydrogens is 200 g/mol. The molecule has 0 radical (unpaired) electrons. The van der Waals surface area contributed by atoms with Gasteiger partial charge in [0.1, 0.15) is 4.64 Å². The van der Waals surface area contributed by atoms with Crippen LogP contribution >= 0.6 is 12.2 Å². The van der Waals surface area contributed by atoms with Gasteiger partial charge in [-0.05, 0) is 6.92 Å². The monoisotopic (exact) mass is 210 g/mol. The first-order chi connectivity index (χ1) is 6.59. The van der Waals surface area contributed by atoms with Crippen molar-refractivity contribution in [3.63, 3.8) is 0 Å². The Labute approximate surface area is 85.7 Å². The summed E-state index contributed by atoms with van der Waals surface area (Å²) in [6.07, 6.45) is 0. The molecule has 0 bridgehead atoms. The second kappa shape index (κ2) is 3.06. The average molecular weight is 210 g/mol. The maximum atomic E-state index is 5.14. The standard InChI is InChI=1S/C8H10N4OS/c1-4-5-6(13-11-4)9-8(12(2)3)10-7(5)14/h1-3H3,(H,9,10,14). The van der Waals surface area contributed by atoms with E-state index in [4.69, 9.17) is 16.7 Å². The number of fused-ring (bicyclic) bond motifs is 1. The minimum Gasteiger partial charge on any atom is -0.348 e. The Bertz CT molecular complexity index is 528. The lowest BCUT2D eigenvalue weighted by molar-refractivity contribution is 0.442. The van der Waals surface area contributed by atoms with Gasteiger partial charge in [-0.1, -0.05) is 17.4 Å². The zero-order valence-corrected chi connectivity index (χ0v) is 8.97. The molecule has 6 heteroatoms. The Morgan fingerprint density at radius 1 is 1.43 bits per heavy atom. The largest absolute Gasteiger partial charge is 0.348 e. The molecule has 0 aromatic carbocycles. The Hall–Kier alpha value is -1.43. The van der Waals surface area contributed by atoms with E-state index in [1.54, 1.807) is 0 Å². The molecular formula is C8H10N4OS. The van der Waals surface area contributed by atoms with Crippen molar-refractivity contribution < 1.29 is 4.52 Å². The summed E-state index contributed by atoms with van der Waals surface area (Å²) >= 11 is 5.14. The summed E-state index contributed by atoms with van der Waals surface area (Å²) in [5, 5.41) is 4.61. The zero-order chi connectivity index (χ0) is 10.3. The van der Waals surface area contributed by atoms with Crippen LogP contribution in [-0.2, 0) is 0 Å². The van der Waals surface area contributed by atoms with Gasteiger partial charge in [-0.2, -0.15) is 0 Å². The Kier molecular flexibility index (Phi) is 1.99. The quantitative estimate of drug-likeness (QED) is 0.725. The molecule has 0 amide bonds. The number of hydrogen-bond acceptors (Lipinski definition) is 5. The molecule has 5 nitrogen and oxygen atoms in total. The second-order valence-corrected chi connectivity index (χ2v) is 3.62. The number of H-pyrrole nitrogens is 1. The van der Waals surface area contributed by atoms with Crippen molar-refractivity contribution in [1.29, 1.82) is 0 Å². The summed E-state index contributed by atoms with van der Waals surface area (Å²) < 4.78 is 5.60. The second-order valence-electron chi connectivity index (χ2n) is 3.23. The zero-order valence-electron chi connectivity index (χ0n) is 8.16. The number of rotatable bonds is 1. The number of aromatic amines is 1. The third-order valence-corrected chi connectivity index (χ3v) is 2.23. The molecule has 14 heavy (non-hydrogen) atoms. The van der Waals surface area contributed by atoms with Crippen molar-refractivity contribution in [2.24, 2.45) is 0 Å². The van der Waals surface area contributed by atoms with Crippen molar-refractivity contribution in [3.05, 3.63) is 10.3 Å². The fraction of sp³-hybridized carbons (Fsp3) is 0.375. The first-order valence-corrected chi connectivity index (χ1v) is 4.54. The van der Waals surface area contributed by atoms with Gasteiger partial charge in [0.15, 0.2) is 0 Å². The number of anilines is 1. The highest BCUT2D eigenvalue weighted by Crippen LogP contribution is 2.18. The molecule has 0 spiro atoms. The van der Waals surface area contributed by atoms with Crippen LogP contribution in [0, 0.1) is 11.6 Å². The van der Waals surface area contributed by atoms with Crippen molar-refractivity contribution in [3.8, 4) is 0 Å². The number of nitrogens with zero attached hydrogens (tertiary/aromatic N) is 3. The summed E-state index contributed by atoms with van der Waals surface area (Å²) in [5.74, 6) is 0.665. The van der Waals surface area contributed by atoms with E-state index in [2.05, 4.69) is 15.1 Å². The summed E-state index contributed by atoms with van der Waals surface area (Å²) in [7, 11) is 3.76. The van der Waals surface area contributed by atoms with E-state index in [1.807, 2.05) is 25.9 Å². The predicted molar refractivity (Wildman–Crippen MR) is 56.1 cm³/mol. The Morgan fingerprint density at radius 3 is 2.79 bits per heavy atom. The normalized spacial score (nSPS) is 10.8. The Balaban J connectivity index is 2.81. The van der Waals surface area contributed by atoms with Crippen LogP contribution < -0.4 is 4.90 Å². The Morgan fingerprint density at radius 2 is 2.14 bits per heavy atom. The molecule has 0 aliphatic rings. The molecule has 2 aromatic rings. The lowest BCUT2D eigenvalue weighted by atomic mass is 10.3. The molecule has 1 N–H and O–H groups in total. The molecule has 0 atom stereocenters. The maximum absolute atomic E-state index is 5.14. The molecule has 2 rings (SSSR count). The number of aryl methyl sites for hydroxylation is 1. The van der Waals surface area contributed by atoms with Crippen LogP contribution in [0.15, 0.2) is 4.52 Å². The first-order valence-electron chi connectivity index (χ1n) is 4.13. The first kappa shape index (κ1) is 9.14. The maximum Gasteiger partial charge on any atom is 0.242 e. The van der Waals surface area contributed by atoms with E-state index in [9.17, 15) is 0 Å².